The summed E-state index contributed by atoms with van der Waals surface area (Å²) in [4.78, 5) is 108. The van der Waals surface area contributed by atoms with Gasteiger partial charge in [0.1, 0.15) is 53.9 Å². The van der Waals surface area contributed by atoms with Crippen LogP contribution in [-0.4, -0.2) is 101 Å². The van der Waals surface area contributed by atoms with Gasteiger partial charge in [-0.3, -0.25) is 48.3 Å². The van der Waals surface area contributed by atoms with Crippen LogP contribution in [0.1, 0.15) is 193 Å². The largest absolute Gasteiger partial charge is 0.481 e. The van der Waals surface area contributed by atoms with Crippen molar-refractivity contribution in [1.29, 1.82) is 0 Å². The Bertz CT molecular complexity index is 4110. The van der Waals surface area contributed by atoms with Crippen LogP contribution in [0.15, 0.2) is 98.1 Å². The second-order valence-corrected chi connectivity index (χ2v) is 29.1. The number of ether oxygens (including phenoxy) is 4. The molecule has 0 bridgehead atoms. The van der Waals surface area contributed by atoms with Gasteiger partial charge in [0.2, 0.25) is 5.24 Å². The van der Waals surface area contributed by atoms with E-state index in [4.69, 9.17) is 37.6 Å². The highest BCUT2D eigenvalue weighted by atomic mass is 35.5. The highest BCUT2D eigenvalue weighted by Crippen LogP contribution is 2.41. The van der Waals surface area contributed by atoms with Crippen LogP contribution >= 0.6 is 34.3 Å². The lowest BCUT2D eigenvalue weighted by molar-refractivity contribution is -0.144. The van der Waals surface area contributed by atoms with Gasteiger partial charge in [0.05, 0.1) is 74.9 Å². The molecule has 0 spiro atoms. The van der Waals surface area contributed by atoms with Gasteiger partial charge in [-0.25, -0.2) is 18.7 Å². The van der Waals surface area contributed by atoms with E-state index in [0.717, 1.165) is 93.2 Å². The Morgan fingerprint density at radius 1 is 0.519 bits per heavy atom. The van der Waals surface area contributed by atoms with Crippen molar-refractivity contribution in [1.82, 2.24) is 29.1 Å². The predicted molar refractivity (Wildman–Crippen MR) is 400 cm³/mol. The second kappa shape index (κ2) is 43.6. The number of carbonyl (C=O) groups is 8. The molecule has 4 fully saturated rings. The van der Waals surface area contributed by atoms with Gasteiger partial charge >= 0.3 is 17.9 Å². The molecule has 560 valence electrons. The number of aromatic nitrogens is 6. The van der Waals surface area contributed by atoms with E-state index in [2.05, 4.69) is 43.3 Å². The lowest BCUT2D eigenvalue weighted by Gasteiger charge is -2.20. The normalized spacial score (nSPS) is 14.8. The van der Waals surface area contributed by atoms with Crippen LogP contribution in [0.2, 0.25) is 0 Å². The van der Waals surface area contributed by atoms with Crippen LogP contribution in [0.4, 0.5) is 14.5 Å². The summed E-state index contributed by atoms with van der Waals surface area (Å²) in [6, 6.07) is 16.8. The smallest absolute Gasteiger partial charge is 0.314 e. The number of hydrogen-bond acceptors (Lipinski definition) is 20. The number of methoxy groups -OCH3 is 2. The average molecular weight is 1490 g/mol. The number of aryl methyl sites for hydroxylation is 2. The van der Waals surface area contributed by atoms with E-state index in [9.17, 15) is 47.1 Å². The molecule has 21 nitrogen and oxygen atoms in total. The maximum absolute atomic E-state index is 14.9. The summed E-state index contributed by atoms with van der Waals surface area (Å²) in [5.41, 5.74) is 15.4. The Morgan fingerprint density at radius 3 is 1.31 bits per heavy atom. The van der Waals surface area contributed by atoms with Gasteiger partial charge in [0.15, 0.2) is 23.1 Å². The highest BCUT2D eigenvalue weighted by molar-refractivity contribution is 7.23. The zero-order valence-electron chi connectivity index (χ0n) is 59.9. The van der Waals surface area contributed by atoms with Gasteiger partial charge in [-0.15, -0.1) is 22.7 Å². The summed E-state index contributed by atoms with van der Waals surface area (Å²) in [7, 11) is 2.51. The van der Waals surface area contributed by atoms with E-state index >= 15 is 0 Å². The molecule has 2 aromatic carbocycles. The number of ketones is 4. The van der Waals surface area contributed by atoms with Crippen molar-refractivity contribution in [3.05, 3.63) is 115 Å². The molecule has 6 aromatic heterocycles. The van der Waals surface area contributed by atoms with E-state index in [1.165, 1.54) is 151 Å². The first kappa shape index (κ1) is 82.6. The van der Waals surface area contributed by atoms with Gasteiger partial charge in [-0.05, 0) is 98.0 Å². The lowest BCUT2D eigenvalue weighted by Crippen LogP contribution is -2.22. The standard InChI is InChI=1S/C29H30FN3O3S.C18H15FN4OS.C11H18O3.C10H16O3.C6H13N.C4H5ClO3/c1-2-33-17-25(32-18-33)28-16-24-29(37-28)27(10-11-31-24)36-26-9-8-20(14-23(26)30)13-22(35)15-21(34)12-19-6-4-3-5-7-19;1-2-23-9-14(22-10-23)17-8-13-18(25-17)16(5-6-21-13)24-15-4-3-11(20)7-12(15)19;1-14-11(13)8-10(12)7-9-5-3-2-4-6-9;11-9(7-10(12)13)6-8-4-2-1-3-5-8;7-6-4-2-1-3-5-6;1-8-4(7)2-3(5)6/h8-11,14,16-19H,2-7,12-13,15H2,1H3;3-10H,2,20H2,1H3;9H,2-8H2,1H3;8H,1-7H2,(H,12,13);6H,1-5,7H2;2H2,1H3. The zero-order valence-corrected chi connectivity index (χ0v) is 62.3. The van der Waals surface area contributed by atoms with Crippen LogP contribution < -0.4 is 20.9 Å². The van der Waals surface area contributed by atoms with E-state index < -0.39 is 34.8 Å². The molecule has 26 heteroatoms. The van der Waals surface area contributed by atoms with E-state index in [0.29, 0.717) is 65.8 Å². The Labute approximate surface area is 619 Å². The predicted octanol–water partition coefficient (Wildman–Crippen LogP) is 17.5. The van der Waals surface area contributed by atoms with E-state index in [-0.39, 0.29) is 66.7 Å². The van der Waals surface area contributed by atoms with Crippen LogP contribution in [0.5, 0.6) is 23.0 Å². The van der Waals surface area contributed by atoms with Gasteiger partial charge < -0.3 is 44.7 Å². The molecule has 5 N–H and O–H groups in total. The molecule has 0 radical (unpaired) electrons. The number of rotatable bonds is 24. The Morgan fingerprint density at radius 2 is 0.933 bits per heavy atom. The second-order valence-electron chi connectivity index (χ2n) is 26.6. The molecule has 0 amide bonds. The number of aliphatic carboxylic acids is 1. The number of nitrogens with two attached hydrogens (primary N) is 2. The highest BCUT2D eigenvalue weighted by Gasteiger charge is 2.23. The van der Waals surface area contributed by atoms with Gasteiger partial charge in [-0.2, -0.15) is 0 Å². The number of Topliss-reactive ketones (excluding diaryl/α,β-unsaturated/α-hetero) is 4. The van der Waals surface area contributed by atoms with E-state index in [1.807, 2.05) is 33.7 Å². The molecule has 0 atom stereocenters. The third-order valence-corrected chi connectivity index (χ3v) is 20.7. The zero-order chi connectivity index (χ0) is 74.9. The first-order valence-corrected chi connectivity index (χ1v) is 38.0. The quantitative estimate of drug-likeness (QED) is 0.0219. The number of imidazole rings is 2. The number of pyridine rings is 2. The van der Waals surface area contributed by atoms with Crippen LogP contribution in [0.25, 0.3) is 41.6 Å². The molecule has 104 heavy (non-hydrogen) atoms. The first-order chi connectivity index (χ1) is 50.1. The number of carboxylic acids is 1. The minimum atomic E-state index is -0.999. The topological polar surface area (TPSA) is 307 Å². The summed E-state index contributed by atoms with van der Waals surface area (Å²) >= 11 is 7.82. The third kappa shape index (κ3) is 28.4. The number of esters is 2. The number of benzene rings is 2. The average Bonchev–Trinajstić information content (AvgIpc) is 1.64. The minimum absolute atomic E-state index is 0.00388. The number of nitrogen functional groups attached to an aromatic ring is 1. The van der Waals surface area contributed by atoms with Crippen molar-refractivity contribution < 1.29 is 71.2 Å². The fraction of sp³-hybridized carbons (Fsp3) is 0.487. The van der Waals surface area contributed by atoms with Crippen LogP contribution in [0, 0.1) is 29.4 Å². The van der Waals surface area contributed by atoms with E-state index in [1.54, 1.807) is 49.3 Å². The molecule has 4 aliphatic rings. The molecule has 0 unspecified atom stereocenters. The molecule has 4 aliphatic carbocycles. The van der Waals surface area contributed by atoms with Crippen LogP contribution in [0.3, 0.4) is 0 Å². The van der Waals surface area contributed by atoms with Gasteiger partial charge in [0, 0.05) is 93.5 Å². The van der Waals surface area contributed by atoms with Crippen molar-refractivity contribution in [2.24, 2.45) is 23.5 Å². The molecule has 0 aliphatic heterocycles. The van der Waals surface area contributed by atoms with Crippen molar-refractivity contribution in [2.45, 2.75) is 213 Å². The summed E-state index contributed by atoms with van der Waals surface area (Å²) < 4.78 is 54.9. The van der Waals surface area contributed by atoms with Crippen molar-refractivity contribution in [3.63, 3.8) is 0 Å². The molecule has 12 rings (SSSR count). The Hall–Kier alpha value is -8.65. The Balaban J connectivity index is 0.000000194. The number of halogens is 3. The van der Waals surface area contributed by atoms with Crippen LogP contribution in [-0.2, 0) is 67.3 Å². The number of carbonyl (C=O) groups excluding carboxylic acids is 7. The lowest BCUT2D eigenvalue weighted by atomic mass is 9.85. The molecule has 0 saturated heterocycles. The first-order valence-electron chi connectivity index (χ1n) is 35.9. The minimum Gasteiger partial charge on any atom is -0.481 e. The SMILES string of the molecule is CCn1cnc(-c2cc3nccc(Oc4ccc(CC(=O)CC(=O)CC5CCCCC5)cc4F)c3s2)c1.CCn1cnc(-c2cc3nccc(Oc4ccc(N)cc4F)c3s2)c1.COC(=O)CC(=O)CC1CCCCC1.COC(=O)CC(=O)Cl.NC1CCCCC1.O=C(O)CC(=O)CC1CCCCC1. The summed E-state index contributed by atoms with van der Waals surface area (Å²) in [6.45, 7) is 5.81. The number of nitrogens with zero attached hydrogens (tertiary/aromatic N) is 6. The summed E-state index contributed by atoms with van der Waals surface area (Å²) in [6.07, 6.45) is 35.9. The summed E-state index contributed by atoms with van der Waals surface area (Å²) in [5, 5.41) is 7.70. The fourth-order valence-electron chi connectivity index (χ4n) is 12.7. The summed E-state index contributed by atoms with van der Waals surface area (Å²) in [5.74, 6) is -0.680. The maximum Gasteiger partial charge on any atom is 0.314 e. The molecule has 4 saturated carbocycles. The number of fused-ring (bicyclic) bond motifs is 2. The number of carboxylic acid groups (broad SMARTS) is 1. The maximum atomic E-state index is 14.9. The number of anilines is 1. The van der Waals surface area contributed by atoms with Crippen molar-refractivity contribution >= 4 is 107 Å². The van der Waals surface area contributed by atoms with Gasteiger partial charge in [0.25, 0.3) is 0 Å². The monoisotopic (exact) mass is 1490 g/mol. The van der Waals surface area contributed by atoms with Crippen molar-refractivity contribution in [2.75, 3.05) is 20.0 Å². The number of hydrogen-bond donors (Lipinski definition) is 3. The fourth-order valence-corrected chi connectivity index (χ4v) is 14.9. The third-order valence-electron chi connectivity index (χ3n) is 18.2. The molecule has 6 heterocycles. The van der Waals surface area contributed by atoms with Gasteiger partial charge in [-0.1, -0.05) is 122 Å². The molecule has 8 aromatic rings. The number of thiophene rings is 2. The molecular formula is C78H97ClF2N8O13S2. The molecular weight excluding hydrogens is 1390 g/mol. The van der Waals surface area contributed by atoms with Crippen molar-refractivity contribution in [3.8, 4) is 44.1 Å². The Kier molecular flexibility index (Phi) is 34.6.